The molecule has 0 radical (unpaired) electrons. The predicted octanol–water partition coefficient (Wildman–Crippen LogP) is 2.19. The average Bonchev–Trinajstić information content (AvgIpc) is 2.80. The molecule has 2 aromatic rings. The number of carbonyl (C=O) groups is 1. The first kappa shape index (κ1) is 20.9. The summed E-state index contributed by atoms with van der Waals surface area (Å²) in [6.07, 6.45) is 0. The Morgan fingerprint density at radius 3 is 2.52 bits per heavy atom. The van der Waals surface area contributed by atoms with E-state index < -0.39 is 56.1 Å². The van der Waals surface area contributed by atoms with Crippen LogP contribution in [0.4, 0.5) is 23.4 Å². The summed E-state index contributed by atoms with van der Waals surface area (Å²) in [4.78, 5) is 11.2. The SMILES string of the molecule is Cc1cc(F)c(-n2nc(CNS(=O)(=O)C(F)(F)F)c(Cl)c2N)cc1C(=O)O. The third-order valence-corrected chi connectivity index (χ3v) is 4.96. The van der Waals surface area contributed by atoms with Gasteiger partial charge in [-0.3, -0.25) is 0 Å². The van der Waals surface area contributed by atoms with Crippen LogP contribution in [0.2, 0.25) is 5.02 Å². The zero-order chi connectivity index (χ0) is 20.7. The highest BCUT2D eigenvalue weighted by atomic mass is 35.5. The van der Waals surface area contributed by atoms with Crippen molar-refractivity contribution in [1.82, 2.24) is 14.5 Å². The number of nitrogens with one attached hydrogen (secondary N) is 1. The van der Waals surface area contributed by atoms with Crippen LogP contribution in [0.1, 0.15) is 21.6 Å². The molecule has 0 aliphatic heterocycles. The molecule has 0 saturated carbocycles. The van der Waals surface area contributed by atoms with Crippen LogP contribution in [0.5, 0.6) is 0 Å². The van der Waals surface area contributed by atoms with Gasteiger partial charge in [-0.25, -0.2) is 27.0 Å². The molecule has 0 unspecified atom stereocenters. The molecule has 8 nitrogen and oxygen atoms in total. The molecule has 1 aromatic heterocycles. The van der Waals surface area contributed by atoms with E-state index in [0.717, 1.165) is 12.1 Å². The predicted molar refractivity (Wildman–Crippen MR) is 86.5 cm³/mol. The number of nitrogens with two attached hydrogens (primary N) is 1. The minimum atomic E-state index is -5.66. The van der Waals surface area contributed by atoms with Gasteiger partial charge in [0.1, 0.15) is 22.3 Å². The number of nitrogens with zero attached hydrogens (tertiary/aromatic N) is 2. The van der Waals surface area contributed by atoms with Crippen LogP contribution in [-0.2, 0) is 16.6 Å². The molecule has 4 N–H and O–H groups in total. The Bertz CT molecular complexity index is 1020. The van der Waals surface area contributed by atoms with Gasteiger partial charge in [0.05, 0.1) is 17.8 Å². The average molecular weight is 431 g/mol. The van der Waals surface area contributed by atoms with Gasteiger partial charge in [0.2, 0.25) is 0 Å². The highest BCUT2D eigenvalue weighted by molar-refractivity contribution is 7.90. The van der Waals surface area contributed by atoms with Crippen molar-refractivity contribution in [3.05, 3.63) is 39.8 Å². The second-order valence-electron chi connectivity index (χ2n) is 5.25. The van der Waals surface area contributed by atoms with Crippen molar-refractivity contribution in [1.29, 1.82) is 0 Å². The minimum absolute atomic E-state index is 0.110. The van der Waals surface area contributed by atoms with Gasteiger partial charge in [0, 0.05) is 0 Å². The number of sulfonamides is 1. The number of aromatic nitrogens is 2. The lowest BCUT2D eigenvalue weighted by atomic mass is 10.1. The zero-order valence-corrected chi connectivity index (χ0v) is 14.9. The molecule has 0 bridgehead atoms. The van der Waals surface area contributed by atoms with E-state index in [9.17, 15) is 30.8 Å². The topological polar surface area (TPSA) is 127 Å². The Morgan fingerprint density at radius 1 is 1.41 bits per heavy atom. The molecule has 0 amide bonds. The van der Waals surface area contributed by atoms with Crippen LogP contribution >= 0.6 is 11.6 Å². The molecule has 2 rings (SSSR count). The van der Waals surface area contributed by atoms with Gasteiger partial charge < -0.3 is 10.8 Å². The molecule has 0 spiro atoms. The second kappa shape index (κ2) is 6.98. The van der Waals surface area contributed by atoms with Crippen molar-refractivity contribution < 1.29 is 35.9 Å². The first-order valence-corrected chi connectivity index (χ1v) is 8.75. The van der Waals surface area contributed by atoms with Gasteiger partial charge in [-0.2, -0.15) is 18.3 Å². The Hall–Kier alpha value is -2.38. The first-order valence-electron chi connectivity index (χ1n) is 6.89. The molecule has 0 atom stereocenters. The Labute approximate surface area is 154 Å². The van der Waals surface area contributed by atoms with Gasteiger partial charge in [0.15, 0.2) is 0 Å². The number of anilines is 1. The maximum absolute atomic E-state index is 14.2. The maximum Gasteiger partial charge on any atom is 0.511 e. The molecule has 0 aliphatic rings. The van der Waals surface area contributed by atoms with E-state index >= 15 is 0 Å². The highest BCUT2D eigenvalue weighted by Crippen LogP contribution is 2.29. The number of rotatable bonds is 5. The standard InChI is InChI=1S/C13H11ClF4N4O4S/c1-5-2-7(15)9(3-6(5)12(23)24)22-11(19)10(14)8(21-22)4-20-27(25,26)13(16,17)18/h2-3,20H,4,19H2,1H3,(H,23,24). The van der Waals surface area contributed by atoms with Gasteiger partial charge >= 0.3 is 21.5 Å². The molecule has 0 aliphatic carbocycles. The number of carboxylic acids is 1. The maximum atomic E-state index is 14.2. The van der Waals surface area contributed by atoms with E-state index in [1.165, 1.54) is 11.6 Å². The molecule has 27 heavy (non-hydrogen) atoms. The molecule has 1 aromatic carbocycles. The van der Waals surface area contributed by atoms with Crippen LogP contribution in [0.25, 0.3) is 5.69 Å². The van der Waals surface area contributed by atoms with E-state index in [2.05, 4.69) is 5.10 Å². The second-order valence-corrected chi connectivity index (χ2v) is 7.39. The van der Waals surface area contributed by atoms with Crippen molar-refractivity contribution in [3.63, 3.8) is 0 Å². The molecule has 0 fully saturated rings. The summed E-state index contributed by atoms with van der Waals surface area (Å²) in [5.41, 5.74) is -0.903. The Kier molecular flexibility index (Phi) is 5.41. The van der Waals surface area contributed by atoms with E-state index in [4.69, 9.17) is 22.4 Å². The number of halogens is 5. The molecular formula is C13H11ClF4N4O4S. The summed E-state index contributed by atoms with van der Waals surface area (Å²) in [6, 6.07) is 1.82. The fraction of sp³-hybridized carbons (Fsp3) is 0.231. The van der Waals surface area contributed by atoms with E-state index in [1.54, 1.807) is 0 Å². The number of nitrogen functional groups attached to an aromatic ring is 1. The lowest BCUT2D eigenvalue weighted by molar-refractivity contribution is -0.0448. The lowest BCUT2D eigenvalue weighted by Crippen LogP contribution is -2.36. The van der Waals surface area contributed by atoms with Crippen LogP contribution < -0.4 is 10.5 Å². The molecule has 1 heterocycles. The normalized spacial score (nSPS) is 12.4. The molecule has 0 saturated heterocycles. The van der Waals surface area contributed by atoms with Gasteiger partial charge in [0.25, 0.3) is 0 Å². The van der Waals surface area contributed by atoms with Crippen LogP contribution in [0, 0.1) is 12.7 Å². The lowest BCUT2D eigenvalue weighted by Gasteiger charge is -2.09. The zero-order valence-electron chi connectivity index (χ0n) is 13.3. The highest BCUT2D eigenvalue weighted by Gasteiger charge is 2.45. The summed E-state index contributed by atoms with van der Waals surface area (Å²) >= 11 is 5.83. The third kappa shape index (κ3) is 3.99. The van der Waals surface area contributed by atoms with Gasteiger partial charge in [-0.05, 0) is 24.6 Å². The minimum Gasteiger partial charge on any atom is -0.478 e. The quantitative estimate of drug-likeness (QED) is 0.624. The van der Waals surface area contributed by atoms with Crippen LogP contribution in [-0.4, -0.2) is 34.8 Å². The largest absolute Gasteiger partial charge is 0.511 e. The number of aromatic carboxylic acids is 1. The molecule has 148 valence electrons. The Balaban J connectivity index is 2.47. The number of alkyl halides is 3. The van der Waals surface area contributed by atoms with Crippen molar-refractivity contribution in [2.24, 2.45) is 0 Å². The fourth-order valence-electron chi connectivity index (χ4n) is 2.06. The number of aryl methyl sites for hydroxylation is 1. The fourth-order valence-corrected chi connectivity index (χ4v) is 2.73. The Morgan fingerprint density at radius 2 is 2.00 bits per heavy atom. The molecular weight excluding hydrogens is 420 g/mol. The van der Waals surface area contributed by atoms with Crippen molar-refractivity contribution in [2.45, 2.75) is 19.0 Å². The summed E-state index contributed by atoms with van der Waals surface area (Å²) in [5.74, 6) is -2.70. The van der Waals surface area contributed by atoms with Crippen LogP contribution in [0.3, 0.4) is 0 Å². The number of hydrogen-bond acceptors (Lipinski definition) is 5. The monoisotopic (exact) mass is 430 g/mol. The van der Waals surface area contributed by atoms with Crippen molar-refractivity contribution in [2.75, 3.05) is 5.73 Å². The van der Waals surface area contributed by atoms with Gasteiger partial charge in [-0.1, -0.05) is 11.6 Å². The van der Waals surface area contributed by atoms with Crippen molar-refractivity contribution >= 4 is 33.4 Å². The summed E-state index contributed by atoms with van der Waals surface area (Å²) in [5, 5.41) is 12.4. The first-order chi connectivity index (χ1) is 12.3. The third-order valence-electron chi connectivity index (χ3n) is 3.41. The number of benzene rings is 1. The summed E-state index contributed by atoms with van der Waals surface area (Å²) < 4.78 is 75.3. The van der Waals surface area contributed by atoms with Crippen LogP contribution in [0.15, 0.2) is 12.1 Å². The number of carboxylic acid groups (broad SMARTS) is 1. The van der Waals surface area contributed by atoms with Gasteiger partial charge in [-0.15, -0.1) is 0 Å². The van der Waals surface area contributed by atoms with E-state index in [1.807, 2.05) is 0 Å². The summed E-state index contributed by atoms with van der Waals surface area (Å²) in [7, 11) is -5.66. The smallest absolute Gasteiger partial charge is 0.478 e. The summed E-state index contributed by atoms with van der Waals surface area (Å²) in [6.45, 7) is 0.379. The van der Waals surface area contributed by atoms with Crippen molar-refractivity contribution in [3.8, 4) is 5.69 Å². The van der Waals surface area contributed by atoms with E-state index in [-0.39, 0.29) is 11.1 Å². The van der Waals surface area contributed by atoms with E-state index in [0.29, 0.717) is 4.68 Å². The molecule has 14 heteroatoms. The number of hydrogen-bond donors (Lipinski definition) is 3.